The number of nitriles is 1. The highest BCUT2D eigenvalue weighted by molar-refractivity contribution is 5.47. The normalized spacial score (nSPS) is 11.5. The van der Waals surface area contributed by atoms with Crippen LogP contribution in [0.15, 0.2) is 42.5 Å². The summed E-state index contributed by atoms with van der Waals surface area (Å²) in [6.45, 7) is 1.57. The van der Waals surface area contributed by atoms with Gasteiger partial charge in [0.1, 0.15) is 11.5 Å². The molecule has 0 saturated heterocycles. The van der Waals surface area contributed by atoms with Gasteiger partial charge in [-0.3, -0.25) is 10.1 Å². The van der Waals surface area contributed by atoms with Gasteiger partial charge in [0.2, 0.25) is 0 Å². The largest absolute Gasteiger partial charge is 0.457 e. The second-order valence-corrected chi connectivity index (χ2v) is 4.40. The molecule has 0 aliphatic heterocycles. The highest BCUT2D eigenvalue weighted by atomic mass is 16.6. The van der Waals surface area contributed by atoms with E-state index in [1.807, 2.05) is 6.07 Å². The molecule has 0 saturated carbocycles. The Hall–Kier alpha value is -2.91. The first kappa shape index (κ1) is 14.5. The van der Waals surface area contributed by atoms with Crippen molar-refractivity contribution in [1.29, 1.82) is 5.26 Å². The highest BCUT2D eigenvalue weighted by Gasteiger charge is 2.13. The van der Waals surface area contributed by atoms with Crippen LogP contribution in [-0.4, -0.2) is 10.0 Å². The molecule has 0 aliphatic rings. The van der Waals surface area contributed by atoms with E-state index in [-0.39, 0.29) is 11.4 Å². The van der Waals surface area contributed by atoms with Crippen molar-refractivity contribution in [2.75, 3.05) is 0 Å². The summed E-state index contributed by atoms with van der Waals surface area (Å²) in [6.07, 6.45) is -0.786. The number of hydrogen-bond acceptors (Lipinski definition) is 5. The number of nitro groups is 1. The van der Waals surface area contributed by atoms with Gasteiger partial charge in [-0.25, -0.2) is 0 Å². The van der Waals surface area contributed by atoms with Crippen LogP contribution in [0.2, 0.25) is 0 Å². The minimum Gasteiger partial charge on any atom is -0.457 e. The first-order valence-electron chi connectivity index (χ1n) is 6.15. The third-order valence-electron chi connectivity index (χ3n) is 2.85. The Kier molecular flexibility index (Phi) is 4.16. The zero-order valence-corrected chi connectivity index (χ0v) is 11.2. The number of aliphatic hydroxyl groups is 1. The molecule has 0 spiro atoms. The molecule has 2 aromatic rings. The molecule has 0 radical (unpaired) electrons. The van der Waals surface area contributed by atoms with E-state index in [9.17, 15) is 15.2 Å². The molecule has 0 heterocycles. The lowest BCUT2D eigenvalue weighted by Gasteiger charge is -2.13. The highest BCUT2D eigenvalue weighted by Crippen LogP contribution is 2.31. The lowest BCUT2D eigenvalue weighted by Crippen LogP contribution is -1.97. The van der Waals surface area contributed by atoms with Crippen molar-refractivity contribution in [1.82, 2.24) is 0 Å². The fraction of sp³-hybridized carbons (Fsp3) is 0.133. The molecule has 0 aliphatic carbocycles. The monoisotopic (exact) mass is 284 g/mol. The molecule has 0 fully saturated rings. The second-order valence-electron chi connectivity index (χ2n) is 4.40. The molecule has 0 aromatic heterocycles. The van der Waals surface area contributed by atoms with Gasteiger partial charge >= 0.3 is 0 Å². The van der Waals surface area contributed by atoms with Crippen LogP contribution in [0.3, 0.4) is 0 Å². The number of hydrogen-bond donors (Lipinski definition) is 1. The Labute approximate surface area is 121 Å². The Morgan fingerprint density at radius 1 is 1.33 bits per heavy atom. The third kappa shape index (κ3) is 3.35. The topological polar surface area (TPSA) is 96.4 Å². The van der Waals surface area contributed by atoms with Crippen molar-refractivity contribution < 1.29 is 14.8 Å². The van der Waals surface area contributed by atoms with Crippen LogP contribution in [0.25, 0.3) is 0 Å². The maximum atomic E-state index is 10.7. The molecular weight excluding hydrogens is 272 g/mol. The summed E-state index contributed by atoms with van der Waals surface area (Å²) in [5, 5.41) is 29.4. The number of non-ortho nitro benzene ring substituents is 1. The Morgan fingerprint density at radius 3 is 2.71 bits per heavy atom. The average molecular weight is 284 g/mol. The van der Waals surface area contributed by atoms with E-state index in [0.717, 1.165) is 0 Å². The third-order valence-corrected chi connectivity index (χ3v) is 2.85. The maximum Gasteiger partial charge on any atom is 0.273 e. The summed E-state index contributed by atoms with van der Waals surface area (Å²) in [5.74, 6) is 0.561. The predicted octanol–water partition coefficient (Wildman–Crippen LogP) is 3.31. The Balaban J connectivity index is 2.40. The number of rotatable bonds is 4. The van der Waals surface area contributed by atoms with Crippen LogP contribution in [0.5, 0.6) is 11.5 Å². The molecule has 2 aromatic carbocycles. The predicted molar refractivity (Wildman–Crippen MR) is 75.0 cm³/mol. The summed E-state index contributed by atoms with van der Waals surface area (Å²) < 4.78 is 5.59. The molecule has 6 heteroatoms. The molecule has 21 heavy (non-hydrogen) atoms. The molecule has 2 rings (SSSR count). The summed E-state index contributed by atoms with van der Waals surface area (Å²) in [5.41, 5.74) is 0.780. The minimum atomic E-state index is -0.786. The molecular formula is C15H12N2O4. The molecule has 0 bridgehead atoms. The summed E-state index contributed by atoms with van der Waals surface area (Å²) in [6, 6.07) is 12.3. The SMILES string of the molecule is CC(O)c1ccc(C#N)cc1Oc1cccc([N+](=O)[O-])c1. The van der Waals surface area contributed by atoms with Gasteiger partial charge in [0.05, 0.1) is 28.7 Å². The summed E-state index contributed by atoms with van der Waals surface area (Å²) >= 11 is 0. The summed E-state index contributed by atoms with van der Waals surface area (Å²) in [4.78, 5) is 10.2. The lowest BCUT2D eigenvalue weighted by atomic mass is 10.1. The van der Waals surface area contributed by atoms with Gasteiger partial charge in [0.25, 0.3) is 5.69 Å². The molecule has 1 N–H and O–H groups in total. The summed E-state index contributed by atoms with van der Waals surface area (Å²) in [7, 11) is 0. The first-order chi connectivity index (χ1) is 10.0. The second kappa shape index (κ2) is 6.03. The van der Waals surface area contributed by atoms with Gasteiger partial charge in [0, 0.05) is 11.6 Å². The van der Waals surface area contributed by atoms with Gasteiger partial charge in [-0.15, -0.1) is 0 Å². The average Bonchev–Trinajstić information content (AvgIpc) is 2.47. The van der Waals surface area contributed by atoms with Crippen molar-refractivity contribution in [3.63, 3.8) is 0 Å². The van der Waals surface area contributed by atoms with Crippen molar-refractivity contribution in [3.05, 3.63) is 63.7 Å². The van der Waals surface area contributed by atoms with Crippen LogP contribution in [-0.2, 0) is 0 Å². The zero-order chi connectivity index (χ0) is 15.4. The van der Waals surface area contributed by atoms with Gasteiger partial charge in [-0.05, 0) is 25.1 Å². The first-order valence-corrected chi connectivity index (χ1v) is 6.15. The van der Waals surface area contributed by atoms with E-state index in [1.165, 1.54) is 24.3 Å². The van der Waals surface area contributed by atoms with Gasteiger partial charge in [-0.2, -0.15) is 5.26 Å². The quantitative estimate of drug-likeness (QED) is 0.686. The fourth-order valence-electron chi connectivity index (χ4n) is 1.82. The molecule has 1 unspecified atom stereocenters. The van der Waals surface area contributed by atoms with Crippen molar-refractivity contribution in [2.24, 2.45) is 0 Å². The van der Waals surface area contributed by atoms with Crippen LogP contribution in [0, 0.1) is 21.4 Å². The zero-order valence-electron chi connectivity index (χ0n) is 11.2. The van der Waals surface area contributed by atoms with Crippen LogP contribution >= 0.6 is 0 Å². The van der Waals surface area contributed by atoms with Crippen LogP contribution in [0.1, 0.15) is 24.2 Å². The van der Waals surface area contributed by atoms with Gasteiger partial charge < -0.3 is 9.84 Å². The fourth-order valence-corrected chi connectivity index (χ4v) is 1.82. The van der Waals surface area contributed by atoms with Gasteiger partial charge in [0.15, 0.2) is 0 Å². The van der Waals surface area contributed by atoms with E-state index >= 15 is 0 Å². The van der Waals surface area contributed by atoms with Crippen LogP contribution < -0.4 is 4.74 Å². The Morgan fingerprint density at radius 2 is 2.10 bits per heavy atom. The van der Waals surface area contributed by atoms with Crippen molar-refractivity contribution in [2.45, 2.75) is 13.0 Å². The van der Waals surface area contributed by atoms with Gasteiger partial charge in [-0.1, -0.05) is 12.1 Å². The Bertz CT molecular complexity index is 720. The molecule has 1 atom stereocenters. The van der Waals surface area contributed by atoms with E-state index in [2.05, 4.69) is 0 Å². The number of nitro benzene ring substituents is 1. The number of ether oxygens (including phenoxy) is 1. The standard InChI is InChI=1S/C15H12N2O4/c1-10(18)14-6-5-11(9-16)7-15(14)21-13-4-2-3-12(8-13)17(19)20/h2-8,10,18H,1H3. The maximum absolute atomic E-state index is 10.7. The molecule has 0 amide bonds. The van der Waals surface area contributed by atoms with Crippen molar-refractivity contribution in [3.8, 4) is 17.6 Å². The lowest BCUT2D eigenvalue weighted by molar-refractivity contribution is -0.384. The van der Waals surface area contributed by atoms with E-state index in [4.69, 9.17) is 10.00 Å². The van der Waals surface area contributed by atoms with E-state index in [0.29, 0.717) is 16.9 Å². The molecule has 106 valence electrons. The van der Waals surface area contributed by atoms with E-state index in [1.54, 1.807) is 25.1 Å². The molecule has 6 nitrogen and oxygen atoms in total. The number of nitrogens with zero attached hydrogens (tertiary/aromatic N) is 2. The minimum absolute atomic E-state index is 0.0949. The van der Waals surface area contributed by atoms with Crippen LogP contribution in [0.4, 0.5) is 5.69 Å². The van der Waals surface area contributed by atoms with E-state index < -0.39 is 11.0 Å². The number of benzene rings is 2. The number of aliphatic hydroxyl groups excluding tert-OH is 1. The van der Waals surface area contributed by atoms with Crippen molar-refractivity contribution >= 4 is 5.69 Å². The smallest absolute Gasteiger partial charge is 0.273 e.